The Morgan fingerprint density at radius 1 is 0.301 bits per heavy atom. The molecule has 0 spiro atoms. The molecule has 37 nitrogen and oxygen atoms in total. The second kappa shape index (κ2) is 42.3. The van der Waals surface area contributed by atoms with E-state index >= 15 is 0 Å². The molecule has 0 bridgehead atoms. The Bertz CT molecular complexity index is 1760. The minimum Gasteiger partial charge on any atom is -0.480 e. The largest absolute Gasteiger partial charge is 0.480 e. The van der Waals surface area contributed by atoms with Crippen molar-refractivity contribution in [1.29, 1.82) is 0 Å². The van der Waals surface area contributed by atoms with E-state index < -0.39 is 277 Å². The van der Waals surface area contributed by atoms with E-state index in [0.717, 1.165) is 19.6 Å². The third-order valence-electron chi connectivity index (χ3n) is 12.3. The zero-order valence-corrected chi connectivity index (χ0v) is 45.5. The first-order chi connectivity index (χ1) is 39.0. The molecule has 0 aromatic carbocycles. The van der Waals surface area contributed by atoms with Gasteiger partial charge in [-0.3, -0.25) is 57.9 Å². The number of aliphatic hydroxyl groups excluding tert-OH is 16. The minimum absolute atomic E-state index is 0.362. The van der Waals surface area contributed by atoms with Gasteiger partial charge in [0.15, 0.2) is 24.4 Å². The van der Waals surface area contributed by atoms with E-state index in [1.165, 1.54) is 4.90 Å². The van der Waals surface area contributed by atoms with Crippen molar-refractivity contribution < 1.29 is 140 Å². The van der Waals surface area contributed by atoms with E-state index in [1.807, 2.05) is 0 Å². The lowest BCUT2D eigenvalue weighted by atomic mass is 10.1. The summed E-state index contributed by atoms with van der Waals surface area (Å²) in [4.78, 5) is 119. The molecule has 83 heavy (non-hydrogen) atoms. The predicted molar refractivity (Wildman–Crippen MR) is 276 cm³/mol. The summed E-state index contributed by atoms with van der Waals surface area (Å²) in [5, 5.41) is 195. The Labute approximate surface area is 475 Å². The summed E-state index contributed by atoms with van der Waals surface area (Å²) in [7, 11) is 0. The van der Waals surface area contributed by atoms with Gasteiger partial charge < -0.3 is 128 Å². The maximum atomic E-state index is 13.8. The van der Waals surface area contributed by atoms with E-state index in [2.05, 4.69) is 21.3 Å². The van der Waals surface area contributed by atoms with Gasteiger partial charge in [-0.05, 0) is 25.7 Å². The number of carboxylic acid groups (broad SMARTS) is 3. The molecule has 0 aliphatic heterocycles. The highest BCUT2D eigenvalue weighted by Gasteiger charge is 2.34. The highest BCUT2D eigenvalue weighted by Crippen LogP contribution is 2.09. The van der Waals surface area contributed by atoms with Crippen LogP contribution in [0.2, 0.25) is 0 Å². The molecule has 0 saturated carbocycles. The average molecular weight is 1210 g/mol. The van der Waals surface area contributed by atoms with Crippen molar-refractivity contribution in [2.24, 2.45) is 0 Å². The molecule has 0 heterocycles. The maximum absolute atomic E-state index is 13.8. The van der Waals surface area contributed by atoms with Gasteiger partial charge in [-0.25, -0.2) is 0 Å². The number of aliphatic hydroxyl groups is 16. The topological polar surface area (TPSA) is 602 Å². The van der Waals surface area contributed by atoms with E-state index in [1.54, 1.807) is 0 Å². The van der Waals surface area contributed by atoms with Crippen LogP contribution in [0.5, 0.6) is 0 Å². The first-order valence-electron chi connectivity index (χ1n) is 26.1. The number of hydrogen-bond acceptors (Lipinski definition) is 28. The molecule has 37 heteroatoms. The lowest BCUT2D eigenvalue weighted by Gasteiger charge is -2.31. The standard InChI is InChI=1S/C46H85N9O28/c56-17-1-26(60)35(72)39(76)43(80)47-5-9-54(10-6-48-44(81)40(77)36(73)27(61)2-18-57)30(64)21-52(24-33(68)69)15-13-51(23-32(66)67)14-16-53(25-34(70)71)22-31(65)55(11-7-49-45(82)41(78)37(74)28(62)3-19-58)12-8-50-46(83)42(79)38(75)29(63)4-20-59/h26-29,35-42,56-63,72-79H,1-25H2,(H,47,80)(H,48,81)(H,49,82)(H,50,83)(H,66,67)(H,68,69)(H,70,71)/t26-,27-,28-,29-,35+,36+,37+,38+,39-,40-,41-,42+/m0/s1. The molecule has 0 radical (unpaired) electrons. The Hall–Kier alpha value is -5.53. The fourth-order valence-electron chi connectivity index (χ4n) is 7.49. The van der Waals surface area contributed by atoms with Crippen molar-refractivity contribution in [3.05, 3.63) is 0 Å². The smallest absolute Gasteiger partial charge is 0.317 e. The van der Waals surface area contributed by atoms with Crippen LogP contribution in [-0.4, -0.2) is 386 Å². The summed E-state index contributed by atoms with van der Waals surface area (Å²) < 4.78 is 0. The van der Waals surface area contributed by atoms with E-state index in [4.69, 9.17) is 20.4 Å². The minimum atomic E-state index is -2.23. The highest BCUT2D eigenvalue weighted by molar-refractivity contribution is 5.84. The van der Waals surface area contributed by atoms with Crippen LogP contribution >= 0.6 is 0 Å². The Morgan fingerprint density at radius 2 is 0.506 bits per heavy atom. The molecule has 0 aliphatic carbocycles. The fourth-order valence-corrected chi connectivity index (χ4v) is 7.49. The van der Waals surface area contributed by atoms with E-state index in [0.29, 0.717) is 0 Å². The molecule has 0 aliphatic rings. The molecule has 0 saturated heterocycles. The molecule has 0 rings (SSSR count). The van der Waals surface area contributed by atoms with Gasteiger partial charge in [0.25, 0.3) is 23.6 Å². The quantitative estimate of drug-likeness (QED) is 0.0269. The first-order valence-corrected chi connectivity index (χ1v) is 26.1. The molecule has 0 aromatic heterocycles. The Kier molecular flexibility index (Phi) is 39.5. The number of carboxylic acids is 3. The van der Waals surface area contributed by atoms with Crippen LogP contribution in [0.15, 0.2) is 0 Å². The summed E-state index contributed by atoms with van der Waals surface area (Å²) >= 11 is 0. The van der Waals surface area contributed by atoms with Gasteiger partial charge in [0, 0.05) is 105 Å². The van der Waals surface area contributed by atoms with E-state index in [-0.39, 0.29) is 13.1 Å². The Balaban J connectivity index is 6.53. The fraction of sp³-hybridized carbons (Fsp3) is 0.804. The number of rotatable bonds is 48. The van der Waals surface area contributed by atoms with Crippen LogP contribution in [0.3, 0.4) is 0 Å². The van der Waals surface area contributed by atoms with Gasteiger partial charge >= 0.3 is 17.9 Å². The van der Waals surface area contributed by atoms with Crippen molar-refractivity contribution in [2.75, 3.05) is 138 Å². The molecule has 0 aromatic rings. The highest BCUT2D eigenvalue weighted by atomic mass is 16.4. The molecule has 6 amide bonds. The number of nitrogens with zero attached hydrogens (tertiary/aromatic N) is 5. The third-order valence-corrected chi connectivity index (χ3v) is 12.3. The zero-order chi connectivity index (χ0) is 63.5. The van der Waals surface area contributed by atoms with Gasteiger partial charge in [0.1, 0.15) is 24.4 Å². The third kappa shape index (κ3) is 31.3. The van der Waals surface area contributed by atoms with Gasteiger partial charge in [-0.2, -0.15) is 0 Å². The monoisotopic (exact) mass is 1210 g/mol. The lowest BCUT2D eigenvalue weighted by Crippen LogP contribution is -2.52. The summed E-state index contributed by atoms with van der Waals surface area (Å²) in [5.41, 5.74) is 0. The van der Waals surface area contributed by atoms with Gasteiger partial charge in [-0.15, -0.1) is 0 Å². The first kappa shape index (κ1) is 77.5. The Morgan fingerprint density at radius 3 is 0.711 bits per heavy atom. The number of aliphatic carboxylic acids is 3. The van der Waals surface area contributed by atoms with Crippen LogP contribution in [0.1, 0.15) is 25.7 Å². The number of hydrogen-bond donors (Lipinski definition) is 23. The SMILES string of the molecule is O=C(O)CN(CCN(CC(=O)O)CC(=O)N(CCNC(=O)[C@@H](O)[C@H](O)[C@@H](O)CCO)CCNC(=O)[C@@H](O)[C@H](O)[C@@H](O)CCO)CCN(CC(=O)O)CC(=O)N(CCNC(=O)[C@@H](O)[C@H](O)[C@@H](O)CCO)CCNC(=O)[C@H](O)[C@H](O)[C@@H](O)CCO. The maximum Gasteiger partial charge on any atom is 0.317 e. The number of amides is 6. The van der Waals surface area contributed by atoms with Crippen molar-refractivity contribution in [3.63, 3.8) is 0 Å². The summed E-state index contributed by atoms with van der Waals surface area (Å²) in [6.45, 7) is -11.9. The second-order valence-electron chi connectivity index (χ2n) is 18.9. The summed E-state index contributed by atoms with van der Waals surface area (Å²) in [5.74, 6) is -11.2. The molecule has 0 unspecified atom stereocenters. The van der Waals surface area contributed by atoms with Crippen LogP contribution in [-0.2, 0) is 43.2 Å². The summed E-state index contributed by atoms with van der Waals surface area (Å²) in [6.07, 6.45) is -25.7. The molecular formula is C46H85N9O28. The average Bonchev–Trinajstić information content (AvgIpc) is 3.43. The van der Waals surface area contributed by atoms with Crippen LogP contribution in [0, 0.1) is 0 Å². The number of carbonyl (C=O) groups excluding carboxylic acids is 6. The van der Waals surface area contributed by atoms with Crippen LogP contribution in [0.25, 0.3) is 0 Å². The molecule has 23 N–H and O–H groups in total. The number of nitrogens with one attached hydrogen (secondary N) is 4. The van der Waals surface area contributed by atoms with Gasteiger partial charge in [-0.1, -0.05) is 0 Å². The van der Waals surface area contributed by atoms with Gasteiger partial charge in [0.2, 0.25) is 11.8 Å². The van der Waals surface area contributed by atoms with Crippen molar-refractivity contribution in [3.8, 4) is 0 Å². The van der Waals surface area contributed by atoms with Crippen molar-refractivity contribution in [1.82, 2.24) is 45.8 Å². The number of carbonyl (C=O) groups is 9. The normalized spacial score (nSPS) is 16.0. The van der Waals surface area contributed by atoms with Crippen molar-refractivity contribution in [2.45, 2.75) is 98.9 Å². The summed E-state index contributed by atoms with van der Waals surface area (Å²) in [6, 6.07) is 0. The molecule has 12 atom stereocenters. The molecule has 482 valence electrons. The van der Waals surface area contributed by atoms with Crippen molar-refractivity contribution >= 4 is 53.4 Å². The van der Waals surface area contributed by atoms with Crippen LogP contribution in [0.4, 0.5) is 0 Å². The molecular weight excluding hydrogens is 1130 g/mol. The van der Waals surface area contributed by atoms with Crippen LogP contribution < -0.4 is 21.3 Å². The van der Waals surface area contributed by atoms with E-state index in [9.17, 15) is 120 Å². The van der Waals surface area contributed by atoms with Gasteiger partial charge in [0.05, 0.1) is 57.1 Å². The second-order valence-corrected chi connectivity index (χ2v) is 18.9. The lowest BCUT2D eigenvalue weighted by molar-refractivity contribution is -0.143. The predicted octanol–water partition coefficient (Wildman–Crippen LogP) is -14.9. The zero-order valence-electron chi connectivity index (χ0n) is 45.5. The molecule has 0 fully saturated rings.